The average Bonchev–Trinajstić information content (AvgIpc) is 2.72. The highest BCUT2D eigenvalue weighted by atomic mass is 127. The third-order valence-corrected chi connectivity index (χ3v) is 5.97. The normalized spacial score (nSPS) is 20.0. The maximum atomic E-state index is 5.47. The fourth-order valence-electron chi connectivity index (χ4n) is 3.95. The van der Waals surface area contributed by atoms with E-state index in [1.165, 1.54) is 71.4 Å². The third-order valence-electron chi connectivity index (χ3n) is 5.97. The highest BCUT2D eigenvalue weighted by Crippen LogP contribution is 2.18. The summed E-state index contributed by atoms with van der Waals surface area (Å²) >= 11 is 0. The van der Waals surface area contributed by atoms with Gasteiger partial charge in [-0.15, -0.1) is 24.0 Å². The van der Waals surface area contributed by atoms with Crippen LogP contribution in [-0.4, -0.2) is 99.8 Å². The zero-order valence-electron chi connectivity index (χ0n) is 18.5. The molecule has 6 nitrogen and oxygen atoms in total. The van der Waals surface area contributed by atoms with Gasteiger partial charge in [0, 0.05) is 66.1 Å². The van der Waals surface area contributed by atoms with Crippen LogP contribution < -0.4 is 5.32 Å². The van der Waals surface area contributed by atoms with Crippen molar-refractivity contribution in [2.24, 2.45) is 10.9 Å². The van der Waals surface area contributed by atoms with Gasteiger partial charge < -0.3 is 24.8 Å². The first kappa shape index (κ1) is 25.9. The zero-order chi connectivity index (χ0) is 19.3. The van der Waals surface area contributed by atoms with Crippen LogP contribution in [0.15, 0.2) is 4.99 Å². The van der Waals surface area contributed by atoms with E-state index in [9.17, 15) is 0 Å². The van der Waals surface area contributed by atoms with Gasteiger partial charge in [-0.25, -0.2) is 0 Å². The SMILES string of the molecule is CCNC(=NCCCCN1CCN(CC)CC1)N(C)CCC1CCOCC1.I. The summed E-state index contributed by atoms with van der Waals surface area (Å²) in [6, 6.07) is 0. The number of aliphatic imine (C=N–C) groups is 1. The first-order valence-corrected chi connectivity index (χ1v) is 11.2. The maximum absolute atomic E-state index is 5.47. The Morgan fingerprint density at radius 1 is 1.07 bits per heavy atom. The number of rotatable bonds is 10. The second-order valence-electron chi connectivity index (χ2n) is 7.98. The summed E-state index contributed by atoms with van der Waals surface area (Å²) in [6.07, 6.45) is 6.10. The van der Waals surface area contributed by atoms with Crippen molar-refractivity contribution in [2.75, 3.05) is 79.2 Å². The number of halogens is 1. The Morgan fingerprint density at radius 2 is 1.75 bits per heavy atom. The molecule has 0 aromatic heterocycles. The van der Waals surface area contributed by atoms with Crippen molar-refractivity contribution >= 4 is 29.9 Å². The number of likely N-dealkylation sites (N-methyl/N-ethyl adjacent to an activating group) is 1. The van der Waals surface area contributed by atoms with Crippen LogP contribution in [0.25, 0.3) is 0 Å². The van der Waals surface area contributed by atoms with Gasteiger partial charge in [-0.05, 0) is 58.0 Å². The Bertz CT molecular complexity index is 410. The number of nitrogens with one attached hydrogen (secondary N) is 1. The summed E-state index contributed by atoms with van der Waals surface area (Å²) in [4.78, 5) is 12.3. The van der Waals surface area contributed by atoms with Crippen LogP contribution in [0.4, 0.5) is 0 Å². The molecule has 2 saturated heterocycles. The van der Waals surface area contributed by atoms with Gasteiger partial charge in [0.1, 0.15) is 0 Å². The van der Waals surface area contributed by atoms with Crippen LogP contribution in [0.3, 0.4) is 0 Å². The van der Waals surface area contributed by atoms with E-state index in [2.05, 4.69) is 40.9 Å². The predicted octanol–water partition coefficient (Wildman–Crippen LogP) is 2.74. The Hall–Kier alpha value is -0.120. The molecule has 0 saturated carbocycles. The van der Waals surface area contributed by atoms with Crippen LogP contribution in [0, 0.1) is 5.92 Å². The number of piperazine rings is 1. The lowest BCUT2D eigenvalue weighted by Crippen LogP contribution is -2.46. The van der Waals surface area contributed by atoms with Crippen LogP contribution in [0.2, 0.25) is 0 Å². The van der Waals surface area contributed by atoms with Crippen molar-refractivity contribution < 1.29 is 4.74 Å². The summed E-state index contributed by atoms with van der Waals surface area (Å²) in [5.74, 6) is 1.89. The van der Waals surface area contributed by atoms with E-state index < -0.39 is 0 Å². The molecule has 2 rings (SSSR count). The van der Waals surface area contributed by atoms with Gasteiger partial charge in [0.05, 0.1) is 0 Å². The van der Waals surface area contributed by atoms with Crippen molar-refractivity contribution in [3.05, 3.63) is 0 Å². The van der Waals surface area contributed by atoms with Crippen LogP contribution in [0.5, 0.6) is 0 Å². The molecule has 0 aromatic carbocycles. The summed E-state index contributed by atoms with van der Waals surface area (Å²) in [6.45, 7) is 16.6. The Balaban J connectivity index is 0.00000392. The summed E-state index contributed by atoms with van der Waals surface area (Å²) < 4.78 is 5.47. The summed E-state index contributed by atoms with van der Waals surface area (Å²) in [5, 5.41) is 3.46. The Kier molecular flexibility index (Phi) is 14.5. The molecular weight excluding hydrogens is 465 g/mol. The Morgan fingerprint density at radius 3 is 2.39 bits per heavy atom. The minimum absolute atomic E-state index is 0. The molecule has 7 heteroatoms. The molecule has 0 atom stereocenters. The van der Waals surface area contributed by atoms with Crippen molar-refractivity contribution in [3.63, 3.8) is 0 Å². The van der Waals surface area contributed by atoms with E-state index in [0.29, 0.717) is 0 Å². The molecule has 0 aliphatic carbocycles. The third kappa shape index (κ3) is 10.1. The van der Waals surface area contributed by atoms with Crippen molar-refractivity contribution in [1.29, 1.82) is 0 Å². The average molecular weight is 510 g/mol. The second-order valence-corrected chi connectivity index (χ2v) is 7.98. The van der Waals surface area contributed by atoms with E-state index in [4.69, 9.17) is 9.73 Å². The topological polar surface area (TPSA) is 43.3 Å². The highest BCUT2D eigenvalue weighted by Gasteiger charge is 2.16. The second kappa shape index (κ2) is 15.7. The fraction of sp³-hybridized carbons (Fsp3) is 0.952. The van der Waals surface area contributed by atoms with Gasteiger partial charge in [0.25, 0.3) is 0 Å². The van der Waals surface area contributed by atoms with Gasteiger partial charge in [0.2, 0.25) is 0 Å². The standard InChI is InChI=1S/C21H43N5O.HI/c1-4-22-21(24(3)13-8-20-9-18-27-19-10-20)23-11-6-7-12-26-16-14-25(5-2)15-17-26;/h20H,4-19H2,1-3H3,(H,22,23);1H. The Labute approximate surface area is 190 Å². The monoisotopic (exact) mass is 509 g/mol. The first-order valence-electron chi connectivity index (χ1n) is 11.2. The quantitative estimate of drug-likeness (QED) is 0.212. The maximum Gasteiger partial charge on any atom is 0.193 e. The van der Waals surface area contributed by atoms with Gasteiger partial charge in [-0.2, -0.15) is 0 Å². The number of hydrogen-bond acceptors (Lipinski definition) is 4. The molecule has 28 heavy (non-hydrogen) atoms. The lowest BCUT2D eigenvalue weighted by atomic mass is 9.96. The largest absolute Gasteiger partial charge is 0.381 e. The summed E-state index contributed by atoms with van der Waals surface area (Å²) in [7, 11) is 2.17. The molecule has 2 aliphatic rings. The lowest BCUT2D eigenvalue weighted by Gasteiger charge is -2.33. The van der Waals surface area contributed by atoms with E-state index in [1.54, 1.807) is 0 Å². The highest BCUT2D eigenvalue weighted by molar-refractivity contribution is 14.0. The molecule has 2 aliphatic heterocycles. The van der Waals surface area contributed by atoms with Crippen LogP contribution >= 0.6 is 24.0 Å². The van der Waals surface area contributed by atoms with Crippen LogP contribution in [0.1, 0.15) is 46.0 Å². The van der Waals surface area contributed by atoms with E-state index in [1.807, 2.05) is 0 Å². The number of ether oxygens (including phenoxy) is 1. The van der Waals surface area contributed by atoms with Crippen LogP contribution in [-0.2, 0) is 4.74 Å². The van der Waals surface area contributed by atoms with Crippen molar-refractivity contribution in [2.45, 2.75) is 46.0 Å². The number of guanidine groups is 1. The molecular formula is C21H44IN5O. The lowest BCUT2D eigenvalue weighted by molar-refractivity contribution is 0.0625. The van der Waals surface area contributed by atoms with Gasteiger partial charge in [0.15, 0.2) is 5.96 Å². The number of hydrogen-bond donors (Lipinski definition) is 1. The first-order chi connectivity index (χ1) is 13.2. The van der Waals surface area contributed by atoms with Crippen molar-refractivity contribution in [1.82, 2.24) is 20.0 Å². The van der Waals surface area contributed by atoms with E-state index in [0.717, 1.165) is 44.7 Å². The van der Waals surface area contributed by atoms with E-state index >= 15 is 0 Å². The molecule has 0 radical (unpaired) electrons. The molecule has 0 aromatic rings. The summed E-state index contributed by atoms with van der Waals surface area (Å²) in [5.41, 5.74) is 0. The van der Waals surface area contributed by atoms with Gasteiger partial charge in [-0.1, -0.05) is 6.92 Å². The molecule has 2 fully saturated rings. The van der Waals surface area contributed by atoms with Crippen molar-refractivity contribution in [3.8, 4) is 0 Å². The molecule has 0 spiro atoms. The number of nitrogens with zero attached hydrogens (tertiary/aromatic N) is 4. The zero-order valence-corrected chi connectivity index (χ0v) is 20.8. The minimum atomic E-state index is 0. The predicted molar refractivity (Wildman–Crippen MR) is 130 cm³/mol. The van der Waals surface area contributed by atoms with E-state index in [-0.39, 0.29) is 24.0 Å². The molecule has 0 unspecified atom stereocenters. The smallest absolute Gasteiger partial charge is 0.193 e. The molecule has 1 N–H and O–H groups in total. The van der Waals surface area contributed by atoms with Gasteiger partial charge in [-0.3, -0.25) is 4.99 Å². The molecule has 2 heterocycles. The fourth-order valence-corrected chi connectivity index (χ4v) is 3.95. The molecule has 0 amide bonds. The number of unbranched alkanes of at least 4 members (excludes halogenated alkanes) is 1. The molecule has 166 valence electrons. The molecule has 0 bridgehead atoms. The minimum Gasteiger partial charge on any atom is -0.381 e. The van der Waals surface area contributed by atoms with Gasteiger partial charge >= 0.3 is 0 Å².